The predicted molar refractivity (Wildman–Crippen MR) is 113 cm³/mol. The summed E-state index contributed by atoms with van der Waals surface area (Å²) in [5.41, 5.74) is 5.96. The van der Waals surface area contributed by atoms with E-state index in [1.807, 2.05) is 42.5 Å². The SMILES string of the molecule is CCCCNC(=O)c1ccc(-c2cc(-c3cc4c([nH]3)CCNC4=O)ccn2)cc1. The third-order valence-electron chi connectivity index (χ3n) is 5.13. The molecule has 6 heteroatoms. The van der Waals surface area contributed by atoms with Gasteiger partial charge in [-0.1, -0.05) is 25.5 Å². The largest absolute Gasteiger partial charge is 0.358 e. The van der Waals surface area contributed by atoms with Crippen molar-refractivity contribution in [1.29, 1.82) is 0 Å². The first-order chi connectivity index (χ1) is 14.2. The summed E-state index contributed by atoms with van der Waals surface area (Å²) < 4.78 is 0. The summed E-state index contributed by atoms with van der Waals surface area (Å²) >= 11 is 0. The summed E-state index contributed by atoms with van der Waals surface area (Å²) in [5, 5.41) is 5.79. The number of rotatable bonds is 6. The number of amides is 2. The molecule has 1 aliphatic heterocycles. The maximum Gasteiger partial charge on any atom is 0.253 e. The predicted octanol–water partition coefficient (Wildman–Crippen LogP) is 3.56. The van der Waals surface area contributed by atoms with E-state index in [-0.39, 0.29) is 11.8 Å². The van der Waals surface area contributed by atoms with Gasteiger partial charge in [-0.05, 0) is 36.8 Å². The van der Waals surface area contributed by atoms with Gasteiger partial charge in [0.2, 0.25) is 0 Å². The third-order valence-corrected chi connectivity index (χ3v) is 5.13. The quantitative estimate of drug-likeness (QED) is 0.564. The first kappa shape index (κ1) is 18.9. The second-order valence-corrected chi connectivity index (χ2v) is 7.20. The number of carbonyl (C=O) groups excluding carboxylic acids is 2. The van der Waals surface area contributed by atoms with Crippen LogP contribution < -0.4 is 10.6 Å². The molecule has 0 radical (unpaired) electrons. The highest BCUT2D eigenvalue weighted by Gasteiger charge is 2.20. The summed E-state index contributed by atoms with van der Waals surface area (Å²) in [4.78, 5) is 32.0. The molecule has 0 spiro atoms. The number of aromatic amines is 1. The zero-order valence-corrected chi connectivity index (χ0v) is 16.4. The van der Waals surface area contributed by atoms with Crippen molar-refractivity contribution < 1.29 is 9.59 Å². The number of hydrogen-bond donors (Lipinski definition) is 3. The molecule has 0 atom stereocenters. The fraction of sp³-hybridized carbons (Fsp3) is 0.261. The summed E-state index contributed by atoms with van der Waals surface area (Å²) in [7, 11) is 0. The number of H-pyrrole nitrogens is 1. The molecule has 4 rings (SSSR count). The van der Waals surface area contributed by atoms with Gasteiger partial charge < -0.3 is 15.6 Å². The Balaban J connectivity index is 1.55. The maximum absolute atomic E-state index is 12.2. The van der Waals surface area contributed by atoms with Crippen LogP contribution in [0, 0.1) is 0 Å². The second-order valence-electron chi connectivity index (χ2n) is 7.20. The molecule has 1 aliphatic rings. The molecule has 3 aromatic rings. The van der Waals surface area contributed by atoms with Crippen molar-refractivity contribution in [2.24, 2.45) is 0 Å². The van der Waals surface area contributed by atoms with Crippen molar-refractivity contribution in [3.8, 4) is 22.5 Å². The molecule has 29 heavy (non-hydrogen) atoms. The van der Waals surface area contributed by atoms with Crippen LogP contribution in [0.2, 0.25) is 0 Å². The van der Waals surface area contributed by atoms with E-state index in [0.717, 1.165) is 47.5 Å². The van der Waals surface area contributed by atoms with Gasteiger partial charge >= 0.3 is 0 Å². The highest BCUT2D eigenvalue weighted by Crippen LogP contribution is 2.27. The van der Waals surface area contributed by atoms with Gasteiger partial charge in [0.1, 0.15) is 0 Å². The Hall–Kier alpha value is -3.41. The minimum Gasteiger partial charge on any atom is -0.358 e. The van der Waals surface area contributed by atoms with Gasteiger partial charge in [0.25, 0.3) is 11.8 Å². The molecule has 0 saturated heterocycles. The highest BCUT2D eigenvalue weighted by atomic mass is 16.2. The molecule has 3 heterocycles. The fourth-order valence-corrected chi connectivity index (χ4v) is 3.48. The Bertz CT molecular complexity index is 1040. The first-order valence-corrected chi connectivity index (χ1v) is 10.0. The van der Waals surface area contributed by atoms with E-state index >= 15 is 0 Å². The lowest BCUT2D eigenvalue weighted by molar-refractivity contribution is 0.0940. The molecule has 148 valence electrons. The number of nitrogens with one attached hydrogen (secondary N) is 3. The van der Waals surface area contributed by atoms with Gasteiger partial charge in [-0.2, -0.15) is 0 Å². The van der Waals surface area contributed by atoms with Crippen LogP contribution in [-0.4, -0.2) is 34.9 Å². The van der Waals surface area contributed by atoms with Crippen LogP contribution >= 0.6 is 0 Å². The Kier molecular flexibility index (Phi) is 5.42. The van der Waals surface area contributed by atoms with Gasteiger partial charge in [0.05, 0.1) is 11.3 Å². The van der Waals surface area contributed by atoms with Crippen LogP contribution in [0.3, 0.4) is 0 Å². The van der Waals surface area contributed by atoms with E-state index in [4.69, 9.17) is 0 Å². The first-order valence-electron chi connectivity index (χ1n) is 10.0. The van der Waals surface area contributed by atoms with Crippen molar-refractivity contribution in [2.75, 3.05) is 13.1 Å². The van der Waals surface area contributed by atoms with Crippen molar-refractivity contribution in [1.82, 2.24) is 20.6 Å². The van der Waals surface area contributed by atoms with Gasteiger partial charge in [-0.3, -0.25) is 14.6 Å². The monoisotopic (exact) mass is 388 g/mol. The van der Waals surface area contributed by atoms with Gasteiger partial charge in [-0.25, -0.2) is 0 Å². The smallest absolute Gasteiger partial charge is 0.253 e. The summed E-state index contributed by atoms with van der Waals surface area (Å²) in [5.74, 6) is -0.0854. The molecular weight excluding hydrogens is 364 g/mol. The number of nitrogens with zero attached hydrogens (tertiary/aromatic N) is 1. The van der Waals surface area contributed by atoms with E-state index in [9.17, 15) is 9.59 Å². The summed E-state index contributed by atoms with van der Waals surface area (Å²) in [6.45, 7) is 3.45. The number of pyridine rings is 1. The molecule has 0 saturated carbocycles. The molecule has 2 amide bonds. The Labute approximate surface area is 169 Å². The van der Waals surface area contributed by atoms with Crippen LogP contribution in [0.4, 0.5) is 0 Å². The lowest BCUT2D eigenvalue weighted by Gasteiger charge is -2.11. The van der Waals surface area contributed by atoms with Gasteiger partial charge in [0.15, 0.2) is 0 Å². The van der Waals surface area contributed by atoms with E-state index in [1.54, 1.807) is 6.20 Å². The average Bonchev–Trinajstić information content (AvgIpc) is 3.20. The van der Waals surface area contributed by atoms with Gasteiger partial charge in [-0.15, -0.1) is 0 Å². The summed E-state index contributed by atoms with van der Waals surface area (Å²) in [6, 6.07) is 13.3. The fourth-order valence-electron chi connectivity index (χ4n) is 3.48. The Morgan fingerprint density at radius 3 is 2.72 bits per heavy atom. The van der Waals surface area contributed by atoms with Crippen molar-refractivity contribution >= 4 is 11.8 Å². The zero-order valence-electron chi connectivity index (χ0n) is 16.4. The van der Waals surface area contributed by atoms with Crippen LogP contribution in [0.15, 0.2) is 48.7 Å². The molecular formula is C23H24N4O2. The Morgan fingerprint density at radius 2 is 1.97 bits per heavy atom. The zero-order chi connectivity index (χ0) is 20.2. The van der Waals surface area contributed by atoms with E-state index in [1.165, 1.54) is 0 Å². The molecule has 0 unspecified atom stereocenters. The van der Waals surface area contributed by atoms with Crippen molar-refractivity contribution in [3.05, 3.63) is 65.5 Å². The van der Waals surface area contributed by atoms with Crippen LogP contribution in [0.1, 0.15) is 46.2 Å². The third kappa shape index (κ3) is 4.06. The number of benzene rings is 1. The molecule has 6 nitrogen and oxygen atoms in total. The number of aromatic nitrogens is 2. The minimum absolute atomic E-state index is 0.0316. The Morgan fingerprint density at radius 1 is 1.14 bits per heavy atom. The standard InChI is InChI=1S/C23H24N4O2/c1-2-3-10-25-22(28)16-6-4-15(5-7-16)20-13-17(8-11-24-20)21-14-18-19(27-21)9-12-26-23(18)29/h4-8,11,13-14,27H,2-3,9-10,12H2,1H3,(H,25,28)(H,26,29). The number of hydrogen-bond acceptors (Lipinski definition) is 3. The van der Waals surface area contributed by atoms with E-state index < -0.39 is 0 Å². The van der Waals surface area contributed by atoms with E-state index in [2.05, 4.69) is 27.5 Å². The van der Waals surface area contributed by atoms with Gasteiger partial charge in [0, 0.05) is 53.8 Å². The molecule has 0 aliphatic carbocycles. The molecule has 0 fully saturated rings. The summed E-state index contributed by atoms with van der Waals surface area (Å²) in [6.07, 6.45) is 4.59. The minimum atomic E-state index is -0.0537. The van der Waals surface area contributed by atoms with Crippen LogP contribution in [0.25, 0.3) is 22.5 Å². The second kappa shape index (κ2) is 8.31. The molecule has 1 aromatic carbocycles. The number of unbranched alkanes of at least 4 members (excludes halogenated alkanes) is 1. The lowest BCUT2D eigenvalue weighted by atomic mass is 10.0. The topological polar surface area (TPSA) is 86.9 Å². The van der Waals surface area contributed by atoms with E-state index in [0.29, 0.717) is 24.2 Å². The lowest BCUT2D eigenvalue weighted by Crippen LogP contribution is -2.31. The normalized spacial score (nSPS) is 12.9. The van der Waals surface area contributed by atoms with Crippen LogP contribution in [-0.2, 0) is 6.42 Å². The number of carbonyl (C=O) groups is 2. The van der Waals surface area contributed by atoms with Crippen molar-refractivity contribution in [3.63, 3.8) is 0 Å². The average molecular weight is 388 g/mol. The molecule has 2 aromatic heterocycles. The van der Waals surface area contributed by atoms with Crippen LogP contribution in [0.5, 0.6) is 0 Å². The van der Waals surface area contributed by atoms with Crippen molar-refractivity contribution in [2.45, 2.75) is 26.2 Å². The molecule has 3 N–H and O–H groups in total. The molecule has 0 bridgehead atoms. The number of fused-ring (bicyclic) bond motifs is 1. The maximum atomic E-state index is 12.2. The highest BCUT2D eigenvalue weighted by molar-refractivity contribution is 5.98.